The predicted molar refractivity (Wildman–Crippen MR) is 148 cm³/mol. The number of rotatable bonds is 9. The van der Waals surface area contributed by atoms with Crippen molar-refractivity contribution < 1.29 is 9.18 Å². The van der Waals surface area contributed by atoms with Crippen molar-refractivity contribution in [2.45, 2.75) is 65.3 Å². The minimum Gasteiger partial charge on any atom is -0.350 e. The van der Waals surface area contributed by atoms with Crippen LogP contribution in [0, 0.1) is 25.6 Å². The monoisotopic (exact) mass is 518 g/mol. The number of aromatic nitrogens is 5. The number of hydrogen-bond donors (Lipinski definition) is 3. The summed E-state index contributed by atoms with van der Waals surface area (Å²) in [6.45, 7) is 11.4. The molecule has 1 aliphatic rings. The van der Waals surface area contributed by atoms with E-state index in [0.29, 0.717) is 11.7 Å². The van der Waals surface area contributed by atoms with Crippen molar-refractivity contribution in [1.29, 1.82) is 0 Å². The number of amides is 1. The Morgan fingerprint density at radius 1 is 1.21 bits per heavy atom. The van der Waals surface area contributed by atoms with Gasteiger partial charge < -0.3 is 10.6 Å². The molecule has 0 aromatic carbocycles. The SMILES string of the molecule is C=N/C(=C\C=C(/C)[C@H](C)NC(=O)C1CCC(c2cc(C)cc(Nc3cc(C)[nH]n3)n2)CC1)n1cc(F)cn1. The van der Waals surface area contributed by atoms with Crippen LogP contribution in [0.25, 0.3) is 5.82 Å². The molecular weight excluding hydrogens is 483 g/mol. The topological polar surface area (TPSA) is 113 Å². The van der Waals surface area contributed by atoms with E-state index in [2.05, 4.69) is 50.6 Å². The number of aryl methyl sites for hydroxylation is 2. The molecule has 4 rings (SSSR count). The second-order valence-corrected chi connectivity index (χ2v) is 9.99. The number of nitrogens with zero attached hydrogens (tertiary/aromatic N) is 5. The number of carbonyl (C=O) groups excluding carboxylic acids is 1. The number of aliphatic imine (C=N–C) groups is 1. The molecule has 3 N–H and O–H groups in total. The van der Waals surface area contributed by atoms with Crippen LogP contribution in [-0.2, 0) is 4.79 Å². The minimum atomic E-state index is -0.449. The van der Waals surface area contributed by atoms with Gasteiger partial charge in [0.05, 0.1) is 12.4 Å². The number of halogens is 1. The lowest BCUT2D eigenvalue weighted by molar-refractivity contribution is -0.126. The van der Waals surface area contributed by atoms with Crippen LogP contribution in [-0.4, -0.2) is 43.6 Å². The Kier molecular flexibility index (Phi) is 8.50. The first-order valence-electron chi connectivity index (χ1n) is 12.9. The van der Waals surface area contributed by atoms with Crippen molar-refractivity contribution in [2.75, 3.05) is 5.32 Å². The van der Waals surface area contributed by atoms with Crippen molar-refractivity contribution in [3.63, 3.8) is 0 Å². The number of anilines is 2. The summed E-state index contributed by atoms with van der Waals surface area (Å²) in [5.41, 5.74) is 4.12. The molecule has 1 atom stereocenters. The molecule has 1 amide bonds. The fraction of sp³-hybridized carbons (Fsp3) is 0.393. The second kappa shape index (κ2) is 12.0. The number of pyridine rings is 1. The third-order valence-corrected chi connectivity index (χ3v) is 6.95. The first-order chi connectivity index (χ1) is 18.2. The van der Waals surface area contributed by atoms with Crippen LogP contribution in [0.2, 0.25) is 0 Å². The van der Waals surface area contributed by atoms with E-state index in [1.165, 1.54) is 10.9 Å². The molecule has 3 aromatic rings. The standard InChI is InChI=1S/C28H35FN8O/c1-17-12-24(33-25(13-17)34-26-14-19(3)35-36-26)21-7-9-22(10-8-21)28(38)32-20(4)18(2)6-11-27(30-5)37-16-23(29)15-31-37/h6,11-16,20-22H,5,7-10H2,1-4H3,(H,32,38)(H2,33,34,35,36)/b18-6+,27-11+/t20-,21?,22?/m0/s1. The Morgan fingerprint density at radius 2 is 1.97 bits per heavy atom. The Hall–Kier alpha value is -4.08. The first-order valence-corrected chi connectivity index (χ1v) is 12.9. The summed E-state index contributed by atoms with van der Waals surface area (Å²) in [6.07, 6.45) is 9.34. The Morgan fingerprint density at radius 3 is 2.61 bits per heavy atom. The summed E-state index contributed by atoms with van der Waals surface area (Å²) in [6, 6.07) is 5.94. The Labute approximate surface area is 222 Å². The molecule has 1 fully saturated rings. The van der Waals surface area contributed by atoms with Crippen LogP contribution in [0.4, 0.5) is 16.0 Å². The molecule has 10 heteroatoms. The fourth-order valence-corrected chi connectivity index (χ4v) is 4.66. The highest BCUT2D eigenvalue weighted by molar-refractivity contribution is 5.79. The van der Waals surface area contributed by atoms with Gasteiger partial charge in [0.1, 0.15) is 5.82 Å². The maximum absolute atomic E-state index is 13.3. The van der Waals surface area contributed by atoms with Crippen molar-refractivity contribution in [3.05, 3.63) is 71.1 Å². The van der Waals surface area contributed by atoms with Gasteiger partial charge in [-0.25, -0.2) is 19.0 Å². The van der Waals surface area contributed by atoms with E-state index < -0.39 is 5.82 Å². The van der Waals surface area contributed by atoms with Crippen molar-refractivity contribution in [1.82, 2.24) is 30.3 Å². The third kappa shape index (κ3) is 6.81. The largest absolute Gasteiger partial charge is 0.350 e. The van der Waals surface area contributed by atoms with Crippen LogP contribution in [0.3, 0.4) is 0 Å². The van der Waals surface area contributed by atoms with Gasteiger partial charge in [0, 0.05) is 35.3 Å². The van der Waals surface area contributed by atoms with Crippen LogP contribution >= 0.6 is 0 Å². The average molecular weight is 519 g/mol. The molecule has 0 radical (unpaired) electrons. The van der Waals surface area contributed by atoms with Crippen LogP contribution in [0.15, 0.2) is 53.3 Å². The zero-order chi connectivity index (χ0) is 27.2. The predicted octanol–water partition coefficient (Wildman–Crippen LogP) is 5.42. The number of nitrogens with one attached hydrogen (secondary N) is 3. The zero-order valence-corrected chi connectivity index (χ0v) is 22.3. The van der Waals surface area contributed by atoms with Gasteiger partial charge in [-0.05, 0) is 83.9 Å². The van der Waals surface area contributed by atoms with Crippen molar-refractivity contribution in [3.8, 4) is 0 Å². The van der Waals surface area contributed by atoms with E-state index in [0.717, 1.165) is 66.0 Å². The van der Waals surface area contributed by atoms with E-state index in [1.807, 2.05) is 39.0 Å². The molecule has 200 valence electrons. The maximum atomic E-state index is 13.3. The van der Waals surface area contributed by atoms with E-state index in [1.54, 1.807) is 6.08 Å². The lowest BCUT2D eigenvalue weighted by atomic mass is 9.79. The van der Waals surface area contributed by atoms with Gasteiger partial charge >= 0.3 is 0 Å². The molecular formula is C28H35FN8O. The van der Waals surface area contributed by atoms with Gasteiger partial charge in [-0.3, -0.25) is 9.89 Å². The summed E-state index contributed by atoms with van der Waals surface area (Å²) >= 11 is 0. The number of aromatic amines is 1. The fourth-order valence-electron chi connectivity index (χ4n) is 4.66. The van der Waals surface area contributed by atoms with E-state index in [4.69, 9.17) is 4.98 Å². The molecule has 1 saturated carbocycles. The highest BCUT2D eigenvalue weighted by Gasteiger charge is 2.28. The Balaban J connectivity index is 1.32. The molecule has 1 aliphatic carbocycles. The molecule has 0 bridgehead atoms. The summed E-state index contributed by atoms with van der Waals surface area (Å²) in [7, 11) is 0. The smallest absolute Gasteiger partial charge is 0.223 e. The average Bonchev–Trinajstić information content (AvgIpc) is 3.51. The van der Waals surface area contributed by atoms with Crippen molar-refractivity contribution in [2.24, 2.45) is 10.9 Å². The molecule has 3 aromatic heterocycles. The van der Waals surface area contributed by atoms with Gasteiger partial charge in [-0.15, -0.1) is 0 Å². The van der Waals surface area contributed by atoms with Crippen LogP contribution < -0.4 is 10.6 Å². The lowest BCUT2D eigenvalue weighted by Gasteiger charge is -2.29. The van der Waals surface area contributed by atoms with Crippen molar-refractivity contribution >= 4 is 30.1 Å². The number of allylic oxidation sites excluding steroid dienone is 2. The number of carbonyl (C=O) groups is 1. The van der Waals surface area contributed by atoms with Crippen LogP contribution in [0.1, 0.15) is 62.4 Å². The molecule has 0 saturated heterocycles. The summed E-state index contributed by atoms with van der Waals surface area (Å²) in [5, 5.41) is 17.5. The molecule has 3 heterocycles. The quantitative estimate of drug-likeness (QED) is 0.258. The number of H-pyrrole nitrogens is 1. The zero-order valence-electron chi connectivity index (χ0n) is 22.3. The van der Waals surface area contributed by atoms with Gasteiger partial charge in [-0.2, -0.15) is 10.2 Å². The van der Waals surface area contributed by atoms with Gasteiger partial charge in [0.25, 0.3) is 0 Å². The van der Waals surface area contributed by atoms with E-state index >= 15 is 0 Å². The van der Waals surface area contributed by atoms with Gasteiger partial charge in [0.2, 0.25) is 5.91 Å². The lowest BCUT2D eigenvalue weighted by Crippen LogP contribution is -2.39. The van der Waals surface area contributed by atoms with E-state index in [9.17, 15) is 9.18 Å². The minimum absolute atomic E-state index is 0.0241. The third-order valence-electron chi connectivity index (χ3n) is 6.95. The highest BCUT2D eigenvalue weighted by Crippen LogP contribution is 2.36. The van der Waals surface area contributed by atoms with Gasteiger partial charge in [0.15, 0.2) is 17.5 Å². The molecule has 0 spiro atoms. The summed E-state index contributed by atoms with van der Waals surface area (Å²) in [5.74, 6) is 1.84. The molecule has 9 nitrogen and oxygen atoms in total. The first kappa shape index (κ1) is 27.0. The molecule has 0 unspecified atom stereocenters. The molecule has 0 aliphatic heterocycles. The Bertz CT molecular complexity index is 1350. The van der Waals surface area contributed by atoms with Crippen LogP contribution in [0.5, 0.6) is 0 Å². The maximum Gasteiger partial charge on any atom is 0.223 e. The molecule has 38 heavy (non-hydrogen) atoms. The summed E-state index contributed by atoms with van der Waals surface area (Å²) < 4.78 is 14.6. The van der Waals surface area contributed by atoms with E-state index in [-0.39, 0.29) is 17.9 Å². The second-order valence-electron chi connectivity index (χ2n) is 9.99. The van der Waals surface area contributed by atoms with Gasteiger partial charge in [-0.1, -0.05) is 11.6 Å². The number of hydrogen-bond acceptors (Lipinski definition) is 6. The highest BCUT2D eigenvalue weighted by atomic mass is 19.1. The summed E-state index contributed by atoms with van der Waals surface area (Å²) in [4.78, 5) is 21.8. The normalized spacial score (nSPS) is 19.2.